The second-order valence-electron chi connectivity index (χ2n) is 6.56. The normalized spacial score (nSPS) is 15.1. The van der Waals surface area contributed by atoms with Crippen molar-refractivity contribution in [1.82, 2.24) is 18.4 Å². The fourth-order valence-corrected chi connectivity index (χ4v) is 5.03. The highest BCUT2D eigenvalue weighted by atomic mass is 32.2. The van der Waals surface area contributed by atoms with E-state index in [2.05, 4.69) is 5.10 Å². The number of fused-ring (bicyclic) bond motifs is 1. The second-order valence-corrected chi connectivity index (χ2v) is 8.49. The molecule has 0 unspecified atom stereocenters. The van der Waals surface area contributed by atoms with Crippen LogP contribution < -0.4 is 4.74 Å². The maximum Gasteiger partial charge on any atom is 0.282 e. The zero-order chi connectivity index (χ0) is 20.5. The Bertz CT molecular complexity index is 938. The molecule has 0 saturated heterocycles. The van der Waals surface area contributed by atoms with Gasteiger partial charge in [0.05, 0.1) is 0 Å². The van der Waals surface area contributed by atoms with Crippen molar-refractivity contribution in [3.63, 3.8) is 0 Å². The molecular formula is C18H24F2N4O3S. The van der Waals surface area contributed by atoms with Gasteiger partial charge in [-0.05, 0) is 0 Å². The van der Waals surface area contributed by atoms with Crippen molar-refractivity contribution < 1.29 is 21.9 Å². The average Bonchev–Trinajstić information content (AvgIpc) is 2.95. The summed E-state index contributed by atoms with van der Waals surface area (Å²) in [4.78, 5) is 0. The molecule has 0 spiro atoms. The van der Waals surface area contributed by atoms with Gasteiger partial charge in [-0.2, -0.15) is 22.1 Å². The minimum Gasteiger partial charge on any atom is -0.487 e. The molecule has 28 heavy (non-hydrogen) atoms. The smallest absolute Gasteiger partial charge is 0.282 e. The lowest BCUT2D eigenvalue weighted by molar-refractivity contribution is 0.291. The Kier molecular flexibility index (Phi) is 6.01. The molecule has 2 aromatic rings. The average molecular weight is 414 g/mol. The van der Waals surface area contributed by atoms with Gasteiger partial charge in [-0.25, -0.2) is 8.78 Å². The fourth-order valence-electron chi connectivity index (χ4n) is 3.43. The van der Waals surface area contributed by atoms with Crippen molar-refractivity contribution in [2.24, 2.45) is 7.05 Å². The zero-order valence-corrected chi connectivity index (χ0v) is 17.0. The second kappa shape index (κ2) is 8.14. The van der Waals surface area contributed by atoms with E-state index in [1.54, 1.807) is 25.6 Å². The molecule has 0 fully saturated rings. The largest absolute Gasteiger partial charge is 0.487 e. The molecule has 1 aromatic carbocycles. The number of benzene rings is 1. The van der Waals surface area contributed by atoms with Crippen LogP contribution >= 0.6 is 0 Å². The summed E-state index contributed by atoms with van der Waals surface area (Å²) in [7, 11) is -1.77. The van der Waals surface area contributed by atoms with Crippen LogP contribution in [-0.4, -0.2) is 46.4 Å². The molecule has 0 aliphatic carbocycles. The standard InChI is InChI=1S/C18H24F2N4O3S/c1-4-23(5-2)28(25,26)24-7-6-18-16(11-24)17(21-22(18)3)12-27-15-9-13(19)8-14(20)10-15/h8-10H,4-7,11-12H2,1-3H3. The van der Waals surface area contributed by atoms with Crippen LogP contribution in [0.2, 0.25) is 0 Å². The molecule has 2 heterocycles. The number of rotatable bonds is 7. The maximum absolute atomic E-state index is 13.3. The van der Waals surface area contributed by atoms with Gasteiger partial charge in [-0.3, -0.25) is 4.68 Å². The van der Waals surface area contributed by atoms with E-state index in [1.165, 1.54) is 8.61 Å². The maximum atomic E-state index is 13.3. The number of hydrogen-bond acceptors (Lipinski definition) is 4. The van der Waals surface area contributed by atoms with Crippen LogP contribution in [0.1, 0.15) is 30.8 Å². The van der Waals surface area contributed by atoms with E-state index in [0.717, 1.165) is 29.5 Å². The quantitative estimate of drug-likeness (QED) is 0.697. The van der Waals surface area contributed by atoms with E-state index in [1.807, 2.05) is 0 Å². The third-order valence-corrected chi connectivity index (χ3v) is 6.99. The SMILES string of the molecule is CCN(CC)S(=O)(=O)N1CCc2c(c(COc3cc(F)cc(F)c3)nn2C)C1. The number of hydrogen-bond donors (Lipinski definition) is 0. The van der Waals surface area contributed by atoms with Crippen LogP contribution in [0, 0.1) is 11.6 Å². The van der Waals surface area contributed by atoms with Gasteiger partial charge >= 0.3 is 0 Å². The van der Waals surface area contributed by atoms with E-state index >= 15 is 0 Å². The number of halogens is 2. The van der Waals surface area contributed by atoms with Crippen molar-refractivity contribution in [3.05, 3.63) is 46.8 Å². The lowest BCUT2D eigenvalue weighted by atomic mass is 10.1. The van der Waals surface area contributed by atoms with Crippen molar-refractivity contribution >= 4 is 10.2 Å². The van der Waals surface area contributed by atoms with Crippen LogP contribution in [0.5, 0.6) is 5.75 Å². The Morgan fingerprint density at radius 3 is 2.43 bits per heavy atom. The third-order valence-electron chi connectivity index (χ3n) is 4.86. The molecule has 3 rings (SSSR count). The summed E-state index contributed by atoms with van der Waals surface area (Å²) in [6.45, 7) is 4.96. The van der Waals surface area contributed by atoms with Crippen molar-refractivity contribution in [2.45, 2.75) is 33.4 Å². The molecule has 0 N–H and O–H groups in total. The van der Waals surface area contributed by atoms with Crippen LogP contribution in [0.3, 0.4) is 0 Å². The van der Waals surface area contributed by atoms with Crippen LogP contribution in [0.15, 0.2) is 18.2 Å². The summed E-state index contributed by atoms with van der Waals surface area (Å²) in [6, 6.07) is 2.96. The van der Waals surface area contributed by atoms with Gasteiger partial charge in [0.25, 0.3) is 10.2 Å². The minimum atomic E-state index is -3.56. The lowest BCUT2D eigenvalue weighted by Gasteiger charge is -2.31. The molecule has 0 radical (unpaired) electrons. The molecule has 0 atom stereocenters. The minimum absolute atomic E-state index is 0.00871. The highest BCUT2D eigenvalue weighted by molar-refractivity contribution is 7.86. The summed E-state index contributed by atoms with van der Waals surface area (Å²) < 4.78 is 62.4. The predicted molar refractivity (Wildman–Crippen MR) is 99.9 cm³/mol. The summed E-state index contributed by atoms with van der Waals surface area (Å²) in [5.41, 5.74) is 2.28. The molecule has 0 saturated carbocycles. The van der Waals surface area contributed by atoms with E-state index in [4.69, 9.17) is 4.74 Å². The fraction of sp³-hybridized carbons (Fsp3) is 0.500. The van der Waals surface area contributed by atoms with Gasteiger partial charge in [-0.1, -0.05) is 13.8 Å². The van der Waals surface area contributed by atoms with Crippen LogP contribution in [0.4, 0.5) is 8.78 Å². The summed E-state index contributed by atoms with van der Waals surface area (Å²) >= 11 is 0. The molecule has 1 aliphatic rings. The Balaban J connectivity index is 1.82. The lowest BCUT2D eigenvalue weighted by Crippen LogP contribution is -2.45. The number of nitrogens with zero attached hydrogens (tertiary/aromatic N) is 4. The zero-order valence-electron chi connectivity index (χ0n) is 16.2. The Labute approximate surface area is 163 Å². The molecule has 0 amide bonds. The Morgan fingerprint density at radius 1 is 1.18 bits per heavy atom. The van der Waals surface area contributed by atoms with Gasteiger partial charge in [0.1, 0.15) is 29.7 Å². The highest BCUT2D eigenvalue weighted by Crippen LogP contribution is 2.26. The molecule has 154 valence electrons. The molecule has 7 nitrogen and oxygen atoms in total. The summed E-state index contributed by atoms with van der Waals surface area (Å²) in [6.07, 6.45) is 0.536. The first-order valence-corrected chi connectivity index (χ1v) is 10.5. The predicted octanol–water partition coefficient (Wildman–Crippen LogP) is 2.22. The Hall–Kier alpha value is -2.04. The first kappa shape index (κ1) is 20.7. The van der Waals surface area contributed by atoms with Gasteiger partial charge in [-0.15, -0.1) is 0 Å². The number of aromatic nitrogens is 2. The molecule has 0 bridgehead atoms. The van der Waals surface area contributed by atoms with E-state index in [-0.39, 0.29) is 18.9 Å². The topological polar surface area (TPSA) is 67.7 Å². The van der Waals surface area contributed by atoms with Crippen molar-refractivity contribution in [3.8, 4) is 5.75 Å². The molecule has 1 aliphatic heterocycles. The first-order chi connectivity index (χ1) is 13.3. The first-order valence-electron chi connectivity index (χ1n) is 9.14. The van der Waals surface area contributed by atoms with Gasteiger partial charge in [0.2, 0.25) is 0 Å². The van der Waals surface area contributed by atoms with E-state index < -0.39 is 21.8 Å². The summed E-state index contributed by atoms with van der Waals surface area (Å²) in [5.74, 6) is -1.40. The number of ether oxygens (including phenoxy) is 1. The molecule has 1 aromatic heterocycles. The van der Waals surface area contributed by atoms with Gasteiger partial charge in [0.15, 0.2) is 0 Å². The van der Waals surface area contributed by atoms with E-state index in [0.29, 0.717) is 31.7 Å². The van der Waals surface area contributed by atoms with Crippen LogP contribution in [-0.2, 0) is 36.8 Å². The number of aryl methyl sites for hydroxylation is 1. The Morgan fingerprint density at radius 2 is 1.82 bits per heavy atom. The van der Waals surface area contributed by atoms with Gasteiger partial charge in [0, 0.05) is 69.1 Å². The van der Waals surface area contributed by atoms with E-state index in [9.17, 15) is 17.2 Å². The van der Waals surface area contributed by atoms with Crippen molar-refractivity contribution in [2.75, 3.05) is 19.6 Å². The van der Waals surface area contributed by atoms with Gasteiger partial charge < -0.3 is 4.74 Å². The monoisotopic (exact) mass is 414 g/mol. The van der Waals surface area contributed by atoms with Crippen molar-refractivity contribution in [1.29, 1.82) is 0 Å². The molecule has 10 heteroatoms. The summed E-state index contributed by atoms with van der Waals surface area (Å²) in [5, 5.41) is 4.42. The van der Waals surface area contributed by atoms with Crippen LogP contribution in [0.25, 0.3) is 0 Å². The third kappa shape index (κ3) is 4.03. The highest BCUT2D eigenvalue weighted by Gasteiger charge is 2.33. The molecular weight excluding hydrogens is 390 g/mol.